The van der Waals surface area contributed by atoms with E-state index in [1.165, 1.54) is 12.1 Å². The van der Waals surface area contributed by atoms with Gasteiger partial charge in [-0.3, -0.25) is 4.79 Å². The van der Waals surface area contributed by atoms with Gasteiger partial charge in [0.15, 0.2) is 5.75 Å². The maximum atomic E-state index is 12.2. The van der Waals surface area contributed by atoms with Crippen LogP contribution in [0.5, 0.6) is 11.5 Å². The molecule has 0 aliphatic carbocycles. The molecule has 0 saturated carbocycles. The van der Waals surface area contributed by atoms with Gasteiger partial charge >= 0.3 is 5.63 Å². The van der Waals surface area contributed by atoms with Crippen molar-refractivity contribution < 1.29 is 13.9 Å². The number of para-hydroxylation sites is 3. The Hall–Kier alpha value is -3.34. The normalized spacial score (nSPS) is 10.1. The van der Waals surface area contributed by atoms with Gasteiger partial charge in [0.25, 0.3) is 5.91 Å². The third-order valence-corrected chi connectivity index (χ3v) is 3.07. The molecule has 0 saturated heterocycles. The number of carbonyl (C=O) groups excluding carboxylic acids is 1. The first kappa shape index (κ1) is 14.6. The van der Waals surface area contributed by atoms with Gasteiger partial charge in [0.2, 0.25) is 0 Å². The van der Waals surface area contributed by atoms with Crippen LogP contribution in [0.4, 0.5) is 5.69 Å². The molecule has 5 nitrogen and oxygen atoms in total. The van der Waals surface area contributed by atoms with Gasteiger partial charge in [0.05, 0.1) is 11.3 Å². The maximum absolute atomic E-state index is 12.2. The van der Waals surface area contributed by atoms with E-state index in [0.717, 1.165) is 6.26 Å². The van der Waals surface area contributed by atoms with Crippen LogP contribution in [-0.4, -0.2) is 5.91 Å². The number of anilines is 1. The molecule has 0 aliphatic rings. The number of amides is 1. The van der Waals surface area contributed by atoms with E-state index >= 15 is 0 Å². The fourth-order valence-corrected chi connectivity index (χ4v) is 1.96. The van der Waals surface area contributed by atoms with Gasteiger partial charge in [-0.25, -0.2) is 4.79 Å². The summed E-state index contributed by atoms with van der Waals surface area (Å²) < 4.78 is 10.5. The number of hydrogen-bond donors (Lipinski definition) is 1. The summed E-state index contributed by atoms with van der Waals surface area (Å²) in [5, 5.41) is 2.74. The van der Waals surface area contributed by atoms with Gasteiger partial charge in [-0.05, 0) is 30.3 Å². The lowest BCUT2D eigenvalue weighted by molar-refractivity contribution is 0.102. The number of hydrogen-bond acceptors (Lipinski definition) is 4. The molecular formula is C18H13NO4. The SMILES string of the molecule is O=C(Nc1ccccc1Oc1ccccc1)c1ccc(=O)oc1. The third-order valence-electron chi connectivity index (χ3n) is 3.07. The van der Waals surface area contributed by atoms with Gasteiger partial charge in [-0.15, -0.1) is 0 Å². The van der Waals surface area contributed by atoms with Crippen LogP contribution < -0.4 is 15.7 Å². The molecule has 0 radical (unpaired) electrons. The Balaban J connectivity index is 1.81. The second kappa shape index (κ2) is 6.62. The molecule has 23 heavy (non-hydrogen) atoms. The molecule has 1 heterocycles. The molecule has 1 aromatic heterocycles. The van der Waals surface area contributed by atoms with Crippen LogP contribution >= 0.6 is 0 Å². The molecule has 0 atom stereocenters. The number of ether oxygens (including phenoxy) is 1. The second-order valence-electron chi connectivity index (χ2n) is 4.71. The lowest BCUT2D eigenvalue weighted by Gasteiger charge is -2.12. The quantitative estimate of drug-likeness (QED) is 0.798. The molecule has 2 aromatic carbocycles. The topological polar surface area (TPSA) is 68.5 Å². The highest BCUT2D eigenvalue weighted by molar-refractivity contribution is 6.04. The summed E-state index contributed by atoms with van der Waals surface area (Å²) in [5.74, 6) is 0.794. The lowest BCUT2D eigenvalue weighted by Crippen LogP contribution is -2.13. The summed E-state index contributed by atoms with van der Waals surface area (Å²) >= 11 is 0. The van der Waals surface area contributed by atoms with Crippen LogP contribution in [0, 0.1) is 0 Å². The van der Waals surface area contributed by atoms with Crippen LogP contribution in [0.25, 0.3) is 0 Å². The maximum Gasteiger partial charge on any atom is 0.335 e. The Morgan fingerprint density at radius 1 is 0.913 bits per heavy atom. The minimum atomic E-state index is -0.505. The molecule has 114 valence electrons. The summed E-state index contributed by atoms with van der Waals surface area (Å²) in [6, 6.07) is 19.0. The summed E-state index contributed by atoms with van der Waals surface area (Å²) in [7, 11) is 0. The molecule has 0 unspecified atom stereocenters. The molecule has 0 aliphatic heterocycles. The smallest absolute Gasteiger partial charge is 0.335 e. The molecule has 0 fully saturated rings. The van der Waals surface area contributed by atoms with Gasteiger partial charge in [0, 0.05) is 6.07 Å². The summed E-state index contributed by atoms with van der Waals surface area (Å²) in [4.78, 5) is 23.1. The molecule has 0 spiro atoms. The number of nitrogens with one attached hydrogen (secondary N) is 1. The predicted molar refractivity (Wildman–Crippen MR) is 85.9 cm³/mol. The van der Waals surface area contributed by atoms with E-state index in [1.54, 1.807) is 18.2 Å². The van der Waals surface area contributed by atoms with Crippen molar-refractivity contribution in [3.63, 3.8) is 0 Å². The van der Waals surface area contributed by atoms with Gasteiger partial charge in [-0.1, -0.05) is 30.3 Å². The third kappa shape index (κ3) is 3.65. The van der Waals surface area contributed by atoms with Crippen molar-refractivity contribution in [1.82, 2.24) is 0 Å². The molecule has 3 rings (SSSR count). The summed E-state index contributed by atoms with van der Waals surface area (Å²) in [6.07, 6.45) is 1.12. The van der Waals surface area contributed by atoms with E-state index in [1.807, 2.05) is 36.4 Å². The van der Waals surface area contributed by atoms with E-state index < -0.39 is 11.5 Å². The molecule has 0 bridgehead atoms. The second-order valence-corrected chi connectivity index (χ2v) is 4.71. The average Bonchev–Trinajstić information content (AvgIpc) is 2.58. The van der Waals surface area contributed by atoms with Gasteiger partial charge < -0.3 is 14.5 Å². The van der Waals surface area contributed by atoms with E-state index in [9.17, 15) is 9.59 Å². The first-order valence-corrected chi connectivity index (χ1v) is 6.94. The number of rotatable bonds is 4. The van der Waals surface area contributed by atoms with Crippen LogP contribution in [-0.2, 0) is 0 Å². The van der Waals surface area contributed by atoms with E-state index in [4.69, 9.17) is 9.15 Å². The first-order chi connectivity index (χ1) is 11.2. The highest BCUT2D eigenvalue weighted by Gasteiger charge is 2.11. The van der Waals surface area contributed by atoms with Crippen LogP contribution in [0.2, 0.25) is 0 Å². The van der Waals surface area contributed by atoms with Crippen molar-refractivity contribution in [1.29, 1.82) is 0 Å². The first-order valence-electron chi connectivity index (χ1n) is 6.94. The number of carbonyl (C=O) groups is 1. The van der Waals surface area contributed by atoms with E-state index in [2.05, 4.69) is 5.32 Å². The molecule has 5 heteroatoms. The molecular weight excluding hydrogens is 294 g/mol. The lowest BCUT2D eigenvalue weighted by atomic mass is 10.2. The highest BCUT2D eigenvalue weighted by atomic mass is 16.5. The van der Waals surface area contributed by atoms with Crippen LogP contribution in [0.15, 0.2) is 82.2 Å². The Labute approximate surface area is 132 Å². The number of benzene rings is 2. The zero-order valence-electron chi connectivity index (χ0n) is 12.1. The Kier molecular flexibility index (Phi) is 4.20. The fraction of sp³-hybridized carbons (Fsp3) is 0. The van der Waals surface area contributed by atoms with E-state index in [0.29, 0.717) is 17.2 Å². The van der Waals surface area contributed by atoms with Crippen molar-refractivity contribution in [2.75, 3.05) is 5.32 Å². The van der Waals surface area contributed by atoms with Crippen molar-refractivity contribution >= 4 is 11.6 Å². The standard InChI is InChI=1S/C18H13NO4/c20-17-11-10-13(12-22-17)18(21)19-15-8-4-5-9-16(15)23-14-6-2-1-3-7-14/h1-12H,(H,19,21). The minimum absolute atomic E-state index is 0.249. The summed E-state index contributed by atoms with van der Waals surface area (Å²) in [5.41, 5.74) is 0.265. The Bertz CT molecular complexity index is 851. The van der Waals surface area contributed by atoms with Crippen molar-refractivity contribution in [2.24, 2.45) is 0 Å². The highest BCUT2D eigenvalue weighted by Crippen LogP contribution is 2.29. The summed E-state index contributed by atoms with van der Waals surface area (Å²) in [6.45, 7) is 0. The predicted octanol–water partition coefficient (Wildman–Crippen LogP) is 3.68. The van der Waals surface area contributed by atoms with Crippen molar-refractivity contribution in [2.45, 2.75) is 0 Å². The van der Waals surface area contributed by atoms with Crippen LogP contribution in [0.1, 0.15) is 10.4 Å². The molecule has 1 N–H and O–H groups in total. The largest absolute Gasteiger partial charge is 0.455 e. The van der Waals surface area contributed by atoms with Crippen LogP contribution in [0.3, 0.4) is 0 Å². The average molecular weight is 307 g/mol. The van der Waals surface area contributed by atoms with Crippen molar-refractivity contribution in [3.05, 3.63) is 89.0 Å². The zero-order chi connectivity index (χ0) is 16.1. The minimum Gasteiger partial charge on any atom is -0.455 e. The van der Waals surface area contributed by atoms with E-state index in [-0.39, 0.29) is 5.56 Å². The Morgan fingerprint density at radius 3 is 2.39 bits per heavy atom. The fourth-order valence-electron chi connectivity index (χ4n) is 1.96. The zero-order valence-corrected chi connectivity index (χ0v) is 12.1. The Morgan fingerprint density at radius 2 is 1.65 bits per heavy atom. The monoisotopic (exact) mass is 307 g/mol. The van der Waals surface area contributed by atoms with Gasteiger partial charge in [-0.2, -0.15) is 0 Å². The van der Waals surface area contributed by atoms with Crippen molar-refractivity contribution in [3.8, 4) is 11.5 Å². The molecule has 3 aromatic rings. The molecule has 1 amide bonds. The van der Waals surface area contributed by atoms with Gasteiger partial charge in [0.1, 0.15) is 12.0 Å².